The molecule has 1 fully saturated rings. The number of aromatic amines is 1. The van der Waals surface area contributed by atoms with Crippen LogP contribution in [-0.4, -0.2) is 65.1 Å². The number of likely N-dealkylation sites (tertiary alicyclic amines) is 1. The molecule has 0 radical (unpaired) electrons. The number of fused-ring (bicyclic) bond motifs is 1. The Morgan fingerprint density at radius 3 is 2.47 bits per heavy atom. The number of aryl methyl sites for hydroxylation is 3. The van der Waals surface area contributed by atoms with E-state index in [9.17, 15) is 14.4 Å². The van der Waals surface area contributed by atoms with E-state index in [4.69, 9.17) is 21.4 Å². The lowest BCUT2D eigenvalue weighted by Gasteiger charge is -2.37. The number of nitrogens with zero attached hydrogens (tertiary/aromatic N) is 2. The first-order valence-corrected chi connectivity index (χ1v) is 12.8. The summed E-state index contributed by atoms with van der Waals surface area (Å²) in [6.07, 6.45) is 1.77. The van der Waals surface area contributed by atoms with E-state index in [1.54, 1.807) is 16.9 Å². The monoisotopic (exact) mass is 515 g/mol. The molecular formula is C27H34ClN3O5. The summed E-state index contributed by atoms with van der Waals surface area (Å²) >= 11 is 6.95. The molecule has 2 N–H and O–H groups in total. The summed E-state index contributed by atoms with van der Waals surface area (Å²) in [5.74, 6) is -0.321. The van der Waals surface area contributed by atoms with Gasteiger partial charge in [-0.3, -0.25) is 14.4 Å². The Morgan fingerprint density at radius 2 is 1.86 bits per heavy atom. The van der Waals surface area contributed by atoms with Crippen LogP contribution in [0, 0.1) is 26.7 Å². The van der Waals surface area contributed by atoms with E-state index >= 15 is 0 Å². The van der Waals surface area contributed by atoms with E-state index in [1.165, 1.54) is 0 Å². The fraction of sp³-hybridized carbons (Fsp3) is 0.519. The van der Waals surface area contributed by atoms with Crippen LogP contribution >= 0.6 is 11.6 Å². The lowest BCUT2D eigenvalue weighted by molar-refractivity contribution is -0.136. The van der Waals surface area contributed by atoms with Gasteiger partial charge in [0, 0.05) is 43.6 Å². The summed E-state index contributed by atoms with van der Waals surface area (Å²) in [6, 6.07) is 3.94. The van der Waals surface area contributed by atoms with E-state index in [0.717, 1.165) is 27.9 Å². The number of benzene rings is 1. The van der Waals surface area contributed by atoms with Gasteiger partial charge in [0.2, 0.25) is 5.91 Å². The molecule has 2 aromatic rings. The lowest BCUT2D eigenvalue weighted by atomic mass is 9.83. The molecule has 1 aromatic carbocycles. The van der Waals surface area contributed by atoms with Crippen LogP contribution in [0.15, 0.2) is 16.9 Å². The number of piperidine rings is 1. The van der Waals surface area contributed by atoms with Gasteiger partial charge in [0.25, 0.3) is 11.5 Å². The molecule has 194 valence electrons. The SMILES string of the molecule is COC(c1cc(C)c2c(c1Cl)C(=O)N(Cc1c(C)cc(C)[nH]c1=O)CC2)C1CCN(C(=O)CO)CC1. The molecule has 2 aliphatic rings. The largest absolute Gasteiger partial charge is 0.387 e. The number of aliphatic hydroxyl groups excluding tert-OH is 1. The number of rotatable bonds is 6. The number of carbonyl (C=O) groups excluding carboxylic acids is 2. The number of aliphatic hydroxyl groups is 1. The molecule has 4 rings (SSSR count). The number of halogens is 1. The van der Waals surface area contributed by atoms with E-state index < -0.39 is 6.61 Å². The Bertz CT molecular complexity index is 1230. The first-order valence-electron chi connectivity index (χ1n) is 12.4. The van der Waals surface area contributed by atoms with Crippen LogP contribution in [0.4, 0.5) is 0 Å². The summed E-state index contributed by atoms with van der Waals surface area (Å²) in [7, 11) is 1.64. The molecule has 0 bridgehead atoms. The third-order valence-corrected chi connectivity index (χ3v) is 8.02. The van der Waals surface area contributed by atoms with Gasteiger partial charge in [-0.1, -0.05) is 17.7 Å². The summed E-state index contributed by atoms with van der Waals surface area (Å²) in [4.78, 5) is 44.3. The highest BCUT2D eigenvalue weighted by Gasteiger charge is 2.35. The Morgan fingerprint density at radius 1 is 1.17 bits per heavy atom. The maximum absolute atomic E-state index is 13.7. The number of carbonyl (C=O) groups is 2. The summed E-state index contributed by atoms with van der Waals surface area (Å²) in [5, 5.41) is 9.56. The third-order valence-electron chi connectivity index (χ3n) is 7.61. The van der Waals surface area contributed by atoms with Gasteiger partial charge in [-0.25, -0.2) is 0 Å². The van der Waals surface area contributed by atoms with Crippen LogP contribution in [0.1, 0.15) is 62.8 Å². The summed E-state index contributed by atoms with van der Waals surface area (Å²) < 4.78 is 5.92. The molecule has 1 atom stereocenters. The number of methoxy groups -OCH3 is 1. The molecule has 8 nitrogen and oxygen atoms in total. The van der Waals surface area contributed by atoms with Crippen molar-refractivity contribution >= 4 is 23.4 Å². The summed E-state index contributed by atoms with van der Waals surface area (Å²) in [5.41, 5.74) is 5.27. The molecule has 1 unspecified atom stereocenters. The molecule has 1 saturated heterocycles. The minimum absolute atomic E-state index is 0.122. The van der Waals surface area contributed by atoms with Crippen molar-refractivity contribution < 1.29 is 19.4 Å². The zero-order valence-electron chi connectivity index (χ0n) is 21.3. The van der Waals surface area contributed by atoms with Gasteiger partial charge in [0.15, 0.2) is 0 Å². The van der Waals surface area contributed by atoms with Gasteiger partial charge >= 0.3 is 0 Å². The van der Waals surface area contributed by atoms with Crippen molar-refractivity contribution in [3.05, 3.63) is 66.6 Å². The second kappa shape index (κ2) is 10.7. The lowest BCUT2D eigenvalue weighted by Crippen LogP contribution is -2.41. The van der Waals surface area contributed by atoms with Crippen molar-refractivity contribution in [3.8, 4) is 0 Å². The van der Waals surface area contributed by atoms with E-state index in [1.807, 2.05) is 32.9 Å². The van der Waals surface area contributed by atoms with Crippen molar-refractivity contribution in [2.24, 2.45) is 5.92 Å². The fourth-order valence-electron chi connectivity index (χ4n) is 5.66. The molecule has 9 heteroatoms. The van der Waals surface area contributed by atoms with Gasteiger partial charge in [-0.15, -0.1) is 0 Å². The fourth-order valence-corrected chi connectivity index (χ4v) is 6.02. The number of pyridine rings is 1. The first kappa shape index (κ1) is 26.4. The van der Waals surface area contributed by atoms with Gasteiger partial charge in [0.05, 0.1) is 23.2 Å². The van der Waals surface area contributed by atoms with Crippen LogP contribution in [0.3, 0.4) is 0 Å². The number of H-pyrrole nitrogens is 1. The molecule has 3 heterocycles. The number of hydrogen-bond acceptors (Lipinski definition) is 5. The van der Waals surface area contributed by atoms with Crippen LogP contribution in [0.2, 0.25) is 5.02 Å². The van der Waals surface area contributed by atoms with Crippen LogP contribution in [0.5, 0.6) is 0 Å². The zero-order chi connectivity index (χ0) is 26.1. The second-order valence-electron chi connectivity index (χ2n) is 9.90. The minimum Gasteiger partial charge on any atom is -0.387 e. The predicted octanol–water partition coefficient (Wildman–Crippen LogP) is 3.07. The smallest absolute Gasteiger partial charge is 0.255 e. The third kappa shape index (κ3) is 4.94. The van der Waals surface area contributed by atoms with E-state index in [2.05, 4.69) is 4.98 Å². The Labute approximate surface area is 216 Å². The minimum atomic E-state index is -0.485. The standard InChI is InChI=1S/C27H34ClN3O5/c1-15-11-17(3)29-26(34)21(15)13-31-10-7-19-16(2)12-20(24(28)23(19)27(31)35)25(36-4)18-5-8-30(9-6-18)22(33)14-32/h11-12,18,25,32H,5-10,13-14H2,1-4H3,(H,29,34). The quantitative estimate of drug-likeness (QED) is 0.615. The molecule has 2 aliphatic heterocycles. The molecule has 2 amide bonds. The first-order chi connectivity index (χ1) is 17.2. The van der Waals surface area contributed by atoms with Crippen molar-refractivity contribution in [1.29, 1.82) is 0 Å². The molecule has 0 saturated carbocycles. The molecule has 36 heavy (non-hydrogen) atoms. The highest BCUT2D eigenvalue weighted by atomic mass is 35.5. The highest BCUT2D eigenvalue weighted by molar-refractivity contribution is 6.35. The topological polar surface area (TPSA) is 103 Å². The number of nitrogens with one attached hydrogen (secondary N) is 1. The number of aromatic nitrogens is 1. The Balaban J connectivity index is 1.63. The molecule has 0 spiro atoms. The van der Waals surface area contributed by atoms with Gasteiger partial charge in [0.1, 0.15) is 6.61 Å². The number of hydrogen-bond donors (Lipinski definition) is 2. The van der Waals surface area contributed by atoms with Crippen LogP contribution in [-0.2, 0) is 22.5 Å². The zero-order valence-corrected chi connectivity index (χ0v) is 22.1. The molecule has 0 aliphatic carbocycles. The molecule has 1 aromatic heterocycles. The molecular weight excluding hydrogens is 482 g/mol. The van der Waals surface area contributed by atoms with E-state index in [0.29, 0.717) is 55.0 Å². The van der Waals surface area contributed by atoms with Crippen LogP contribution < -0.4 is 5.56 Å². The Hall–Kier alpha value is -2.68. The second-order valence-corrected chi connectivity index (χ2v) is 10.3. The van der Waals surface area contributed by atoms with Crippen molar-refractivity contribution in [2.45, 2.75) is 52.7 Å². The van der Waals surface area contributed by atoms with Crippen molar-refractivity contribution in [2.75, 3.05) is 33.4 Å². The van der Waals surface area contributed by atoms with Crippen molar-refractivity contribution in [3.63, 3.8) is 0 Å². The van der Waals surface area contributed by atoms with E-state index in [-0.39, 0.29) is 35.9 Å². The average Bonchev–Trinajstić information content (AvgIpc) is 2.85. The normalized spacial score (nSPS) is 17.3. The summed E-state index contributed by atoms with van der Waals surface area (Å²) in [6.45, 7) is 7.06. The van der Waals surface area contributed by atoms with Gasteiger partial charge in [-0.2, -0.15) is 0 Å². The van der Waals surface area contributed by atoms with Gasteiger partial charge in [-0.05, 0) is 68.7 Å². The average molecular weight is 516 g/mol. The van der Waals surface area contributed by atoms with Crippen molar-refractivity contribution in [1.82, 2.24) is 14.8 Å². The maximum Gasteiger partial charge on any atom is 0.255 e. The highest BCUT2D eigenvalue weighted by Crippen LogP contribution is 2.41. The predicted molar refractivity (Wildman–Crippen MR) is 137 cm³/mol. The Kier molecular flexibility index (Phi) is 7.87. The number of amides is 2. The maximum atomic E-state index is 13.7. The number of ether oxygens (including phenoxy) is 1. The van der Waals surface area contributed by atoms with Gasteiger partial charge < -0.3 is 24.6 Å². The van der Waals surface area contributed by atoms with Crippen LogP contribution in [0.25, 0.3) is 0 Å².